The zero-order valence-corrected chi connectivity index (χ0v) is 13.5. The van der Waals surface area contributed by atoms with Gasteiger partial charge in [0.2, 0.25) is 10.0 Å². The van der Waals surface area contributed by atoms with Crippen molar-refractivity contribution in [3.05, 3.63) is 29.8 Å². The van der Waals surface area contributed by atoms with E-state index in [4.69, 9.17) is 0 Å². The summed E-state index contributed by atoms with van der Waals surface area (Å²) in [6.07, 6.45) is 0. The van der Waals surface area contributed by atoms with Crippen molar-refractivity contribution in [3.8, 4) is 0 Å². The summed E-state index contributed by atoms with van der Waals surface area (Å²) in [5, 5.41) is 2.99. The van der Waals surface area contributed by atoms with Crippen LogP contribution in [0.25, 0.3) is 0 Å². The number of sulfonamides is 1. The summed E-state index contributed by atoms with van der Waals surface area (Å²) in [5.74, 6) is 0. The minimum atomic E-state index is -3.45. The van der Waals surface area contributed by atoms with Gasteiger partial charge in [-0.3, -0.25) is 0 Å². The molecule has 0 aliphatic heterocycles. The van der Waals surface area contributed by atoms with E-state index < -0.39 is 10.0 Å². The van der Waals surface area contributed by atoms with Gasteiger partial charge in [-0.1, -0.05) is 18.2 Å². The van der Waals surface area contributed by atoms with Crippen molar-refractivity contribution in [2.24, 2.45) is 0 Å². The summed E-state index contributed by atoms with van der Waals surface area (Å²) < 4.78 is 27.3. The van der Waals surface area contributed by atoms with Crippen LogP contribution in [0.5, 0.6) is 0 Å². The van der Waals surface area contributed by atoms with Gasteiger partial charge in [0.1, 0.15) is 0 Å². The normalized spacial score (nSPS) is 12.3. The molecule has 1 rings (SSSR count). The van der Waals surface area contributed by atoms with E-state index in [0.29, 0.717) is 30.6 Å². The van der Waals surface area contributed by atoms with Crippen LogP contribution in [-0.4, -0.2) is 46.5 Å². The number of benzene rings is 1. The number of nitrogens with zero attached hydrogens (tertiary/aromatic N) is 1. The molecule has 0 saturated carbocycles. The maximum Gasteiger partial charge on any atom is 0.240 e. The number of rotatable bonds is 8. The molecule has 0 bridgehead atoms. The van der Waals surface area contributed by atoms with Gasteiger partial charge in [0.05, 0.1) is 4.90 Å². The first-order chi connectivity index (χ1) is 9.38. The Balaban J connectivity index is 2.74. The van der Waals surface area contributed by atoms with Gasteiger partial charge >= 0.3 is 0 Å². The van der Waals surface area contributed by atoms with Gasteiger partial charge in [0.25, 0.3) is 0 Å². The molecule has 2 N–H and O–H groups in total. The summed E-state index contributed by atoms with van der Waals surface area (Å²) in [6, 6.07) is 7.45. The molecule has 0 saturated heterocycles. The molecule has 1 aromatic rings. The Bertz CT molecular complexity index is 515. The van der Waals surface area contributed by atoms with Crippen molar-refractivity contribution in [3.63, 3.8) is 0 Å². The predicted octanol–water partition coefficient (Wildman–Crippen LogP) is 1.02. The van der Waals surface area contributed by atoms with Gasteiger partial charge < -0.3 is 10.2 Å². The smallest absolute Gasteiger partial charge is 0.240 e. The number of nitrogens with one attached hydrogen (secondary N) is 2. The third-order valence-corrected chi connectivity index (χ3v) is 4.83. The second-order valence-electron chi connectivity index (χ2n) is 5.11. The van der Waals surface area contributed by atoms with Crippen LogP contribution < -0.4 is 10.0 Å². The highest BCUT2D eigenvalue weighted by atomic mass is 32.2. The third-order valence-electron chi connectivity index (χ3n) is 3.27. The lowest BCUT2D eigenvalue weighted by atomic mass is 10.2. The monoisotopic (exact) mass is 299 g/mol. The van der Waals surface area contributed by atoms with E-state index >= 15 is 0 Å². The quantitative estimate of drug-likeness (QED) is 0.752. The molecule has 0 aliphatic carbocycles. The van der Waals surface area contributed by atoms with Gasteiger partial charge in [-0.2, -0.15) is 0 Å². The molecule has 0 amide bonds. The molecular formula is C14H25N3O2S. The Kier molecular flexibility index (Phi) is 6.61. The molecule has 20 heavy (non-hydrogen) atoms. The number of likely N-dealkylation sites (N-methyl/N-ethyl adjacent to an activating group) is 1. The highest BCUT2D eigenvalue weighted by molar-refractivity contribution is 7.89. The van der Waals surface area contributed by atoms with Crippen LogP contribution in [0.4, 0.5) is 0 Å². The fraction of sp³-hybridized carbons (Fsp3) is 0.571. The standard InChI is InChI=1S/C14H25N3O2S/c1-12(2)17(4)10-9-16-20(18,19)14-8-6-5-7-13(14)11-15-3/h5-8,12,15-16H,9-11H2,1-4H3. The van der Waals surface area contributed by atoms with Crippen LogP contribution in [-0.2, 0) is 16.6 Å². The Morgan fingerprint density at radius 2 is 1.90 bits per heavy atom. The highest BCUT2D eigenvalue weighted by Gasteiger charge is 2.17. The Hall–Kier alpha value is -0.950. The highest BCUT2D eigenvalue weighted by Crippen LogP contribution is 2.14. The molecule has 0 radical (unpaired) electrons. The minimum Gasteiger partial charge on any atom is -0.316 e. The lowest BCUT2D eigenvalue weighted by molar-refractivity contribution is 0.278. The average molecular weight is 299 g/mol. The Labute approximate surface area is 122 Å². The lowest BCUT2D eigenvalue weighted by Gasteiger charge is -2.21. The van der Waals surface area contributed by atoms with Crippen molar-refractivity contribution in [1.82, 2.24) is 14.9 Å². The molecule has 0 aromatic heterocycles. The van der Waals surface area contributed by atoms with E-state index in [1.165, 1.54) is 0 Å². The molecule has 5 nitrogen and oxygen atoms in total. The molecule has 0 atom stereocenters. The van der Waals surface area contributed by atoms with Gasteiger partial charge in [-0.25, -0.2) is 13.1 Å². The van der Waals surface area contributed by atoms with Crippen LogP contribution >= 0.6 is 0 Å². The molecule has 0 heterocycles. The summed E-state index contributed by atoms with van der Waals surface area (Å²) >= 11 is 0. The number of hydrogen-bond acceptors (Lipinski definition) is 4. The summed E-state index contributed by atoms with van der Waals surface area (Å²) in [4.78, 5) is 2.45. The third kappa shape index (κ3) is 4.86. The largest absolute Gasteiger partial charge is 0.316 e. The molecule has 6 heteroatoms. The SMILES string of the molecule is CNCc1ccccc1S(=O)(=O)NCCN(C)C(C)C. The van der Waals surface area contributed by atoms with Crippen molar-refractivity contribution in [2.75, 3.05) is 27.2 Å². The fourth-order valence-corrected chi connectivity index (χ4v) is 3.05. The van der Waals surface area contributed by atoms with Crippen molar-refractivity contribution in [1.29, 1.82) is 0 Å². The van der Waals surface area contributed by atoms with E-state index in [0.717, 1.165) is 5.56 Å². The van der Waals surface area contributed by atoms with Gasteiger partial charge in [-0.05, 0) is 39.6 Å². The Morgan fingerprint density at radius 1 is 1.25 bits per heavy atom. The fourth-order valence-electron chi connectivity index (χ4n) is 1.79. The zero-order valence-electron chi connectivity index (χ0n) is 12.7. The van der Waals surface area contributed by atoms with Crippen molar-refractivity contribution >= 4 is 10.0 Å². The predicted molar refractivity (Wildman–Crippen MR) is 82.2 cm³/mol. The summed E-state index contributed by atoms with van der Waals surface area (Å²) in [7, 11) is 0.329. The first-order valence-electron chi connectivity index (χ1n) is 6.81. The summed E-state index contributed by atoms with van der Waals surface area (Å²) in [5.41, 5.74) is 0.778. The number of hydrogen-bond donors (Lipinski definition) is 2. The molecule has 0 aliphatic rings. The molecule has 114 valence electrons. The molecule has 0 unspecified atom stereocenters. The van der Waals surface area contributed by atoms with Crippen LogP contribution in [0.2, 0.25) is 0 Å². The van der Waals surface area contributed by atoms with Crippen molar-refractivity contribution in [2.45, 2.75) is 31.3 Å². The van der Waals surface area contributed by atoms with E-state index in [9.17, 15) is 8.42 Å². The van der Waals surface area contributed by atoms with Crippen molar-refractivity contribution < 1.29 is 8.42 Å². The van der Waals surface area contributed by atoms with Crippen LogP contribution in [0.15, 0.2) is 29.2 Å². The van der Waals surface area contributed by atoms with E-state index in [1.807, 2.05) is 19.2 Å². The average Bonchev–Trinajstić information content (AvgIpc) is 2.39. The van der Waals surface area contributed by atoms with Gasteiger partial charge in [0, 0.05) is 25.7 Å². The van der Waals surface area contributed by atoms with E-state index in [2.05, 4.69) is 28.8 Å². The first-order valence-corrected chi connectivity index (χ1v) is 8.29. The second kappa shape index (κ2) is 7.73. The van der Waals surface area contributed by atoms with Crippen LogP contribution in [0.1, 0.15) is 19.4 Å². The molecule has 1 aromatic carbocycles. The zero-order chi connectivity index (χ0) is 15.2. The van der Waals surface area contributed by atoms with Crippen LogP contribution in [0.3, 0.4) is 0 Å². The molecule has 0 fully saturated rings. The van der Waals surface area contributed by atoms with Gasteiger partial charge in [-0.15, -0.1) is 0 Å². The van der Waals surface area contributed by atoms with E-state index in [-0.39, 0.29) is 0 Å². The molecular weight excluding hydrogens is 274 g/mol. The van der Waals surface area contributed by atoms with E-state index in [1.54, 1.807) is 19.2 Å². The summed E-state index contributed by atoms with van der Waals surface area (Å²) in [6.45, 7) is 5.78. The topological polar surface area (TPSA) is 61.4 Å². The Morgan fingerprint density at radius 3 is 2.50 bits per heavy atom. The van der Waals surface area contributed by atoms with Crippen LogP contribution in [0, 0.1) is 0 Å². The maximum atomic E-state index is 12.3. The lowest BCUT2D eigenvalue weighted by Crippen LogP contribution is -2.36. The minimum absolute atomic E-state index is 0.349. The van der Waals surface area contributed by atoms with Gasteiger partial charge in [0.15, 0.2) is 0 Å². The first kappa shape index (κ1) is 17.1. The second-order valence-corrected chi connectivity index (χ2v) is 6.85. The molecule has 0 spiro atoms. The maximum absolute atomic E-state index is 12.3.